The van der Waals surface area contributed by atoms with Gasteiger partial charge in [-0.25, -0.2) is 14.7 Å². The van der Waals surface area contributed by atoms with Crippen LogP contribution in [-0.4, -0.2) is 28.5 Å². The average Bonchev–Trinajstić information content (AvgIpc) is 3.24. The molecule has 4 rings (SSSR count). The van der Waals surface area contributed by atoms with Crippen molar-refractivity contribution in [2.75, 3.05) is 13.7 Å². The molecule has 0 fully saturated rings. The van der Waals surface area contributed by atoms with Gasteiger partial charge in [0.2, 0.25) is 0 Å². The van der Waals surface area contributed by atoms with Gasteiger partial charge in [-0.2, -0.15) is 0 Å². The Morgan fingerprint density at radius 3 is 2.89 bits per heavy atom. The Morgan fingerprint density at radius 1 is 1.26 bits per heavy atom. The first kappa shape index (κ1) is 18.1. The number of aromatic nitrogens is 3. The minimum atomic E-state index is -0.351. The van der Waals surface area contributed by atoms with Crippen LogP contribution in [0.5, 0.6) is 0 Å². The number of thioether (sulfide) groups is 1. The largest absolute Gasteiger partial charge is 0.423 e. The van der Waals surface area contributed by atoms with Crippen LogP contribution in [0.4, 0.5) is 0 Å². The van der Waals surface area contributed by atoms with Crippen LogP contribution >= 0.6 is 11.8 Å². The third-order valence-corrected chi connectivity index (χ3v) is 5.88. The van der Waals surface area contributed by atoms with Crippen molar-refractivity contribution in [1.29, 1.82) is 0 Å². The van der Waals surface area contributed by atoms with Gasteiger partial charge in [-0.15, -0.1) is 5.10 Å². The maximum atomic E-state index is 12.0. The van der Waals surface area contributed by atoms with E-state index >= 15 is 0 Å². The highest BCUT2D eigenvalue weighted by Gasteiger charge is 2.16. The molecule has 0 unspecified atom stereocenters. The summed E-state index contributed by atoms with van der Waals surface area (Å²) in [5.74, 6) is 0.537. The van der Waals surface area contributed by atoms with Crippen molar-refractivity contribution in [1.82, 2.24) is 14.8 Å². The van der Waals surface area contributed by atoms with E-state index in [2.05, 4.69) is 16.3 Å². The van der Waals surface area contributed by atoms with Crippen molar-refractivity contribution >= 4 is 22.7 Å². The summed E-state index contributed by atoms with van der Waals surface area (Å²) < 4.78 is 12.1. The number of hydrogen-bond acceptors (Lipinski definition) is 6. The number of rotatable bonds is 7. The Kier molecular flexibility index (Phi) is 5.18. The number of aromatic amines is 1. The van der Waals surface area contributed by atoms with E-state index < -0.39 is 0 Å². The Bertz CT molecular complexity index is 1080. The second-order valence-electron chi connectivity index (χ2n) is 6.66. The molecule has 1 N–H and O–H groups in total. The molecule has 1 aliphatic rings. The smallest absolute Gasteiger partial charge is 0.343 e. The Labute approximate surface area is 159 Å². The zero-order valence-corrected chi connectivity index (χ0v) is 15.9. The summed E-state index contributed by atoms with van der Waals surface area (Å²) >= 11 is 1.44. The number of hydrogen-bond donors (Lipinski definition) is 1. The molecule has 0 amide bonds. The standard InChI is InChI=1S/C19H21N3O4S/c1-25-7-3-6-22-18(24)20-21-19(22)27-11-14-10-17(23)26-16-9-13-5-2-4-12(13)8-15(14)16/h8-10H,2-7,11H2,1H3,(H,20,24). The summed E-state index contributed by atoms with van der Waals surface area (Å²) in [6, 6.07) is 5.69. The molecule has 0 saturated carbocycles. The van der Waals surface area contributed by atoms with E-state index in [-0.39, 0.29) is 11.3 Å². The third-order valence-electron chi connectivity index (χ3n) is 4.85. The zero-order valence-electron chi connectivity index (χ0n) is 15.1. The fraction of sp³-hybridized carbons (Fsp3) is 0.421. The van der Waals surface area contributed by atoms with Crippen LogP contribution in [0.3, 0.4) is 0 Å². The average molecular weight is 387 g/mol. The number of aryl methyl sites for hydroxylation is 2. The molecule has 0 bridgehead atoms. The topological polar surface area (TPSA) is 90.1 Å². The highest BCUT2D eigenvalue weighted by atomic mass is 32.2. The van der Waals surface area contributed by atoms with Gasteiger partial charge in [-0.3, -0.25) is 4.57 Å². The van der Waals surface area contributed by atoms with Crippen molar-refractivity contribution in [2.24, 2.45) is 0 Å². The molecule has 142 valence electrons. The van der Waals surface area contributed by atoms with E-state index in [9.17, 15) is 9.59 Å². The SMILES string of the molecule is COCCCn1c(SCc2cc(=O)oc3cc4c(cc23)CCC4)n[nH]c1=O. The summed E-state index contributed by atoms with van der Waals surface area (Å²) in [5.41, 5.74) is 3.56. The van der Waals surface area contributed by atoms with Gasteiger partial charge < -0.3 is 9.15 Å². The molecule has 1 aliphatic carbocycles. The van der Waals surface area contributed by atoms with Crippen molar-refractivity contribution in [3.05, 3.63) is 55.8 Å². The highest BCUT2D eigenvalue weighted by Crippen LogP contribution is 2.30. The quantitative estimate of drug-likeness (QED) is 0.381. The summed E-state index contributed by atoms with van der Waals surface area (Å²) in [6.07, 6.45) is 3.97. The molecule has 0 saturated heterocycles. The summed E-state index contributed by atoms with van der Waals surface area (Å²) in [4.78, 5) is 24.0. The molecule has 7 nitrogen and oxygen atoms in total. The molecule has 27 heavy (non-hydrogen) atoms. The lowest BCUT2D eigenvalue weighted by Crippen LogP contribution is -2.18. The number of nitrogens with one attached hydrogen (secondary N) is 1. The van der Waals surface area contributed by atoms with E-state index in [0.29, 0.717) is 29.6 Å². The summed E-state index contributed by atoms with van der Waals surface area (Å²) in [5, 5.41) is 8.19. The van der Waals surface area contributed by atoms with Crippen LogP contribution in [0.25, 0.3) is 11.0 Å². The van der Waals surface area contributed by atoms with Crippen LogP contribution in [0.1, 0.15) is 29.5 Å². The highest BCUT2D eigenvalue weighted by molar-refractivity contribution is 7.98. The van der Waals surface area contributed by atoms with Crippen molar-refractivity contribution in [3.63, 3.8) is 0 Å². The van der Waals surface area contributed by atoms with Crippen LogP contribution in [-0.2, 0) is 29.9 Å². The first-order valence-corrected chi connectivity index (χ1v) is 10.00. The lowest BCUT2D eigenvalue weighted by molar-refractivity contribution is 0.189. The van der Waals surface area contributed by atoms with Crippen molar-refractivity contribution in [3.8, 4) is 0 Å². The van der Waals surface area contributed by atoms with Gasteiger partial charge in [0.25, 0.3) is 0 Å². The van der Waals surface area contributed by atoms with Crippen molar-refractivity contribution in [2.45, 2.75) is 43.1 Å². The molecule has 3 aromatic rings. The molecule has 0 radical (unpaired) electrons. The number of ether oxygens (including phenoxy) is 1. The van der Waals surface area contributed by atoms with Crippen molar-refractivity contribution < 1.29 is 9.15 Å². The van der Waals surface area contributed by atoms with Gasteiger partial charge in [0.15, 0.2) is 5.16 Å². The maximum Gasteiger partial charge on any atom is 0.343 e. The molecule has 0 spiro atoms. The number of benzene rings is 1. The Morgan fingerprint density at radius 2 is 2.07 bits per heavy atom. The third kappa shape index (κ3) is 3.72. The maximum absolute atomic E-state index is 12.0. The first-order valence-electron chi connectivity index (χ1n) is 9.01. The summed E-state index contributed by atoms with van der Waals surface area (Å²) in [7, 11) is 1.64. The lowest BCUT2D eigenvalue weighted by atomic mass is 10.0. The zero-order chi connectivity index (χ0) is 18.8. The Hall–Kier alpha value is -2.32. The minimum absolute atomic E-state index is 0.233. The van der Waals surface area contributed by atoms with Gasteiger partial charge >= 0.3 is 11.3 Å². The van der Waals surface area contributed by atoms with Crippen LogP contribution < -0.4 is 11.3 Å². The van der Waals surface area contributed by atoms with E-state index in [4.69, 9.17) is 9.15 Å². The fourth-order valence-electron chi connectivity index (χ4n) is 3.53. The number of nitrogens with zero attached hydrogens (tertiary/aromatic N) is 2. The van der Waals surface area contributed by atoms with Gasteiger partial charge in [0.05, 0.1) is 0 Å². The second-order valence-corrected chi connectivity index (χ2v) is 7.60. The second kappa shape index (κ2) is 7.74. The Balaban J connectivity index is 1.61. The lowest BCUT2D eigenvalue weighted by Gasteiger charge is -2.08. The normalized spacial score (nSPS) is 13.4. The molecular formula is C19H21N3O4S. The monoisotopic (exact) mass is 387 g/mol. The number of fused-ring (bicyclic) bond motifs is 2. The molecule has 2 aromatic heterocycles. The number of H-pyrrole nitrogens is 1. The summed E-state index contributed by atoms with van der Waals surface area (Å²) in [6.45, 7) is 1.12. The predicted molar refractivity (Wildman–Crippen MR) is 103 cm³/mol. The van der Waals surface area contributed by atoms with Gasteiger partial charge in [0.1, 0.15) is 5.58 Å². The molecule has 1 aromatic carbocycles. The van der Waals surface area contributed by atoms with Gasteiger partial charge in [-0.1, -0.05) is 11.8 Å². The van der Waals surface area contributed by atoms with E-state index in [1.165, 1.54) is 29.0 Å². The van der Waals surface area contributed by atoms with E-state index in [1.54, 1.807) is 11.7 Å². The number of methoxy groups -OCH3 is 1. The minimum Gasteiger partial charge on any atom is -0.423 e. The first-order chi connectivity index (χ1) is 13.2. The fourth-order valence-corrected chi connectivity index (χ4v) is 4.50. The van der Waals surface area contributed by atoms with E-state index in [0.717, 1.165) is 36.6 Å². The van der Waals surface area contributed by atoms with Gasteiger partial charge in [-0.05, 0) is 54.5 Å². The van der Waals surface area contributed by atoms with E-state index in [1.807, 2.05) is 6.07 Å². The molecule has 0 aliphatic heterocycles. The molecular weight excluding hydrogens is 366 g/mol. The molecule has 8 heteroatoms. The molecule has 2 heterocycles. The van der Waals surface area contributed by atoms with Crippen LogP contribution in [0.15, 0.2) is 37.4 Å². The van der Waals surface area contributed by atoms with Gasteiger partial charge in [0, 0.05) is 37.5 Å². The molecule has 0 atom stereocenters. The van der Waals surface area contributed by atoms with Crippen LogP contribution in [0, 0.1) is 0 Å². The van der Waals surface area contributed by atoms with Crippen LogP contribution in [0.2, 0.25) is 0 Å². The predicted octanol–water partition coefficient (Wildman–Crippen LogP) is 2.50.